The highest BCUT2D eigenvalue weighted by atomic mass is 35.5. The van der Waals surface area contributed by atoms with Crippen molar-refractivity contribution in [3.63, 3.8) is 0 Å². The van der Waals surface area contributed by atoms with Crippen molar-refractivity contribution in [1.82, 2.24) is 0 Å². The monoisotopic (exact) mass is 303 g/mol. The average Bonchev–Trinajstić information content (AvgIpc) is 2.50. The van der Waals surface area contributed by atoms with Crippen molar-refractivity contribution in [3.8, 4) is 17.6 Å². The van der Waals surface area contributed by atoms with Gasteiger partial charge in [0.15, 0.2) is 0 Å². The molecule has 108 valence electrons. The zero-order valence-corrected chi connectivity index (χ0v) is 12.4. The van der Waals surface area contributed by atoms with Gasteiger partial charge in [-0.3, -0.25) is 0 Å². The Balaban J connectivity index is 2.41. The van der Waals surface area contributed by atoms with E-state index in [9.17, 15) is 0 Å². The molecule has 0 spiro atoms. The molecule has 5 nitrogen and oxygen atoms in total. The van der Waals surface area contributed by atoms with Crippen LogP contribution in [0.2, 0.25) is 5.02 Å². The molecule has 6 heteroatoms. The SMILES string of the molecule is COc1cc(Nc2ccc(N)c(C#N)c2)c(OC)cc1Cl. The summed E-state index contributed by atoms with van der Waals surface area (Å²) in [7, 11) is 3.08. The van der Waals surface area contributed by atoms with E-state index in [1.165, 1.54) is 7.11 Å². The Hall–Kier alpha value is -2.58. The molecule has 0 fully saturated rings. The van der Waals surface area contributed by atoms with Gasteiger partial charge in [-0.25, -0.2) is 0 Å². The Morgan fingerprint density at radius 2 is 1.86 bits per heavy atom. The first-order chi connectivity index (χ1) is 10.1. The maximum atomic E-state index is 9.01. The standard InChI is InChI=1S/C15H14ClN3O2/c1-20-14-7-13(15(21-2)6-11(14)16)19-10-3-4-12(18)9(5-10)8-17/h3-7,19H,18H2,1-2H3. The van der Waals surface area contributed by atoms with Crippen molar-refractivity contribution < 1.29 is 9.47 Å². The van der Waals surface area contributed by atoms with Gasteiger partial charge >= 0.3 is 0 Å². The minimum atomic E-state index is 0.403. The predicted molar refractivity (Wildman–Crippen MR) is 83.4 cm³/mol. The van der Waals surface area contributed by atoms with Crippen LogP contribution in [0.25, 0.3) is 0 Å². The van der Waals surface area contributed by atoms with E-state index in [1.54, 1.807) is 37.4 Å². The number of anilines is 3. The summed E-state index contributed by atoms with van der Waals surface area (Å²) in [6.07, 6.45) is 0. The maximum absolute atomic E-state index is 9.01. The van der Waals surface area contributed by atoms with Crippen LogP contribution in [0.3, 0.4) is 0 Å². The minimum Gasteiger partial charge on any atom is -0.495 e. The molecule has 0 saturated heterocycles. The largest absolute Gasteiger partial charge is 0.495 e. The number of nitriles is 1. The Bertz CT molecular complexity index is 711. The molecule has 2 aromatic rings. The summed E-state index contributed by atoms with van der Waals surface area (Å²) in [5, 5.41) is 12.6. The second-order valence-corrected chi connectivity index (χ2v) is 4.63. The molecule has 0 aromatic heterocycles. The highest BCUT2D eigenvalue weighted by Crippen LogP contribution is 2.37. The molecule has 0 saturated carbocycles. The third-order valence-corrected chi connectivity index (χ3v) is 3.22. The Kier molecular flexibility index (Phi) is 4.41. The molecule has 0 unspecified atom stereocenters. The van der Waals surface area contributed by atoms with Gasteiger partial charge in [0.1, 0.15) is 17.6 Å². The molecule has 0 aliphatic rings. The van der Waals surface area contributed by atoms with Gasteiger partial charge in [0, 0.05) is 23.5 Å². The van der Waals surface area contributed by atoms with E-state index >= 15 is 0 Å². The molecular weight excluding hydrogens is 290 g/mol. The minimum absolute atomic E-state index is 0.403. The smallest absolute Gasteiger partial charge is 0.144 e. The Morgan fingerprint density at radius 1 is 1.14 bits per heavy atom. The van der Waals surface area contributed by atoms with Gasteiger partial charge < -0.3 is 20.5 Å². The lowest BCUT2D eigenvalue weighted by atomic mass is 10.1. The van der Waals surface area contributed by atoms with Crippen molar-refractivity contribution in [2.75, 3.05) is 25.3 Å². The zero-order chi connectivity index (χ0) is 15.4. The van der Waals surface area contributed by atoms with E-state index in [4.69, 9.17) is 32.1 Å². The molecule has 0 aliphatic heterocycles. The van der Waals surface area contributed by atoms with Crippen LogP contribution < -0.4 is 20.5 Å². The molecule has 0 amide bonds. The van der Waals surface area contributed by atoms with E-state index in [1.807, 2.05) is 6.07 Å². The fourth-order valence-corrected chi connectivity index (χ4v) is 2.08. The van der Waals surface area contributed by atoms with Crippen LogP contribution >= 0.6 is 11.6 Å². The summed E-state index contributed by atoms with van der Waals surface area (Å²) in [5.74, 6) is 1.09. The number of nitrogens with two attached hydrogens (primary N) is 1. The molecular formula is C15H14ClN3O2. The number of nitrogens with one attached hydrogen (secondary N) is 1. The van der Waals surface area contributed by atoms with Crippen LogP contribution in [-0.4, -0.2) is 14.2 Å². The summed E-state index contributed by atoms with van der Waals surface area (Å²) >= 11 is 6.06. The van der Waals surface area contributed by atoms with Gasteiger partial charge in [-0.15, -0.1) is 0 Å². The first-order valence-corrected chi connectivity index (χ1v) is 6.45. The molecule has 0 radical (unpaired) electrons. The van der Waals surface area contributed by atoms with Crippen molar-refractivity contribution in [3.05, 3.63) is 40.9 Å². The highest BCUT2D eigenvalue weighted by molar-refractivity contribution is 6.32. The molecule has 21 heavy (non-hydrogen) atoms. The first-order valence-electron chi connectivity index (χ1n) is 6.07. The van der Waals surface area contributed by atoms with E-state index in [-0.39, 0.29) is 0 Å². The fourth-order valence-electron chi connectivity index (χ4n) is 1.84. The predicted octanol–water partition coefficient (Wildman–Crippen LogP) is 3.55. The fraction of sp³-hybridized carbons (Fsp3) is 0.133. The number of nitrogens with zero attached hydrogens (tertiary/aromatic N) is 1. The van der Waals surface area contributed by atoms with Crippen LogP contribution in [0, 0.1) is 11.3 Å². The maximum Gasteiger partial charge on any atom is 0.144 e. The third-order valence-electron chi connectivity index (χ3n) is 2.93. The molecule has 2 rings (SSSR count). The second-order valence-electron chi connectivity index (χ2n) is 4.23. The molecule has 3 N–H and O–H groups in total. The lowest BCUT2D eigenvalue weighted by Crippen LogP contribution is -1.98. The van der Waals surface area contributed by atoms with Gasteiger partial charge in [0.25, 0.3) is 0 Å². The third kappa shape index (κ3) is 3.12. The van der Waals surface area contributed by atoms with E-state index in [2.05, 4.69) is 5.32 Å². The van der Waals surface area contributed by atoms with Gasteiger partial charge in [-0.1, -0.05) is 11.6 Å². The average molecular weight is 304 g/mol. The van der Waals surface area contributed by atoms with Crippen molar-refractivity contribution >= 4 is 28.7 Å². The Morgan fingerprint density at radius 3 is 2.48 bits per heavy atom. The van der Waals surface area contributed by atoms with Crippen LogP contribution in [0.4, 0.5) is 17.1 Å². The zero-order valence-electron chi connectivity index (χ0n) is 11.6. The first kappa shape index (κ1) is 14.8. The van der Waals surface area contributed by atoms with Crippen molar-refractivity contribution in [1.29, 1.82) is 5.26 Å². The molecule has 0 atom stereocenters. The lowest BCUT2D eigenvalue weighted by Gasteiger charge is -2.14. The normalized spacial score (nSPS) is 9.81. The second kappa shape index (κ2) is 6.25. The van der Waals surface area contributed by atoms with Crippen molar-refractivity contribution in [2.45, 2.75) is 0 Å². The number of benzene rings is 2. The van der Waals surface area contributed by atoms with Gasteiger partial charge in [0.05, 0.1) is 30.5 Å². The number of ether oxygens (including phenoxy) is 2. The molecule has 2 aromatic carbocycles. The lowest BCUT2D eigenvalue weighted by molar-refractivity contribution is 0.405. The van der Waals surface area contributed by atoms with Crippen LogP contribution in [-0.2, 0) is 0 Å². The molecule has 0 aliphatic carbocycles. The number of nitrogen functional groups attached to an aromatic ring is 1. The van der Waals surface area contributed by atoms with Gasteiger partial charge in [-0.05, 0) is 18.2 Å². The summed E-state index contributed by atoms with van der Waals surface area (Å²) < 4.78 is 10.5. The van der Waals surface area contributed by atoms with Crippen molar-refractivity contribution in [2.24, 2.45) is 0 Å². The quantitative estimate of drug-likeness (QED) is 0.844. The summed E-state index contributed by atoms with van der Waals surface area (Å²) in [5.41, 5.74) is 7.92. The number of hydrogen-bond donors (Lipinski definition) is 2. The summed E-state index contributed by atoms with van der Waals surface area (Å²) in [6.45, 7) is 0. The van der Waals surface area contributed by atoms with E-state index in [0.29, 0.717) is 39.1 Å². The number of methoxy groups -OCH3 is 2. The molecule has 0 heterocycles. The van der Waals surface area contributed by atoms with E-state index < -0.39 is 0 Å². The Labute approximate surface area is 127 Å². The number of rotatable bonds is 4. The van der Waals surface area contributed by atoms with Crippen LogP contribution in [0.5, 0.6) is 11.5 Å². The van der Waals surface area contributed by atoms with Crippen LogP contribution in [0.1, 0.15) is 5.56 Å². The number of hydrogen-bond acceptors (Lipinski definition) is 5. The number of halogens is 1. The molecule has 0 bridgehead atoms. The topological polar surface area (TPSA) is 80.3 Å². The van der Waals surface area contributed by atoms with Crippen LogP contribution in [0.15, 0.2) is 30.3 Å². The van der Waals surface area contributed by atoms with Gasteiger partial charge in [-0.2, -0.15) is 5.26 Å². The van der Waals surface area contributed by atoms with E-state index in [0.717, 1.165) is 0 Å². The highest BCUT2D eigenvalue weighted by Gasteiger charge is 2.10. The summed E-state index contributed by atoms with van der Waals surface area (Å²) in [6, 6.07) is 10.5. The summed E-state index contributed by atoms with van der Waals surface area (Å²) in [4.78, 5) is 0. The van der Waals surface area contributed by atoms with Gasteiger partial charge in [0.2, 0.25) is 0 Å².